The Bertz CT molecular complexity index is 1110. The molecule has 0 saturated heterocycles. The molecule has 7 heteroatoms. The summed E-state index contributed by atoms with van der Waals surface area (Å²) in [6.45, 7) is 2.73. The van der Waals surface area contributed by atoms with Crippen LogP contribution in [0.5, 0.6) is 5.75 Å². The number of amides is 1. The predicted octanol–water partition coefficient (Wildman–Crippen LogP) is 4.24. The first kappa shape index (κ1) is 20.4. The largest absolute Gasteiger partial charge is 0.503 e. The number of carbonyl (C=O) groups excluding carboxylic acids is 2. The van der Waals surface area contributed by atoms with Crippen molar-refractivity contribution in [3.8, 4) is 5.75 Å². The van der Waals surface area contributed by atoms with Crippen LogP contribution in [0.3, 0.4) is 0 Å². The minimum absolute atomic E-state index is 0.0171. The molecule has 0 saturated carbocycles. The molecule has 1 atom stereocenters. The molecule has 1 aliphatic heterocycles. The van der Waals surface area contributed by atoms with Crippen LogP contribution in [-0.4, -0.2) is 33.3 Å². The van der Waals surface area contributed by atoms with Gasteiger partial charge in [0.15, 0.2) is 11.5 Å². The van der Waals surface area contributed by atoms with E-state index in [-0.39, 0.29) is 17.9 Å². The van der Waals surface area contributed by atoms with E-state index in [0.29, 0.717) is 17.9 Å². The van der Waals surface area contributed by atoms with Gasteiger partial charge in [-0.25, -0.2) is 0 Å². The second-order valence-electron chi connectivity index (χ2n) is 7.19. The number of benzene rings is 1. The number of pyridine rings is 1. The van der Waals surface area contributed by atoms with Crippen molar-refractivity contribution >= 4 is 11.7 Å². The van der Waals surface area contributed by atoms with Gasteiger partial charge in [-0.15, -0.1) is 0 Å². The quantitative estimate of drug-likeness (QED) is 0.550. The molecule has 1 aliphatic rings. The average Bonchev–Trinajstić information content (AvgIpc) is 3.42. The lowest BCUT2D eigenvalue weighted by atomic mass is 9.94. The highest BCUT2D eigenvalue weighted by atomic mass is 16.5. The highest BCUT2D eigenvalue weighted by Crippen LogP contribution is 2.40. The fraction of sp³-hybridized carbons (Fsp3) is 0.208. The number of aliphatic hydroxyl groups excluding tert-OH is 1. The van der Waals surface area contributed by atoms with Gasteiger partial charge in [0.05, 0.1) is 24.5 Å². The summed E-state index contributed by atoms with van der Waals surface area (Å²) in [7, 11) is 0. The Hall–Kier alpha value is -3.87. The number of hydrogen-bond acceptors (Lipinski definition) is 6. The summed E-state index contributed by atoms with van der Waals surface area (Å²) in [5.74, 6) is -1.04. The van der Waals surface area contributed by atoms with Crippen molar-refractivity contribution in [2.75, 3.05) is 6.61 Å². The van der Waals surface area contributed by atoms with Gasteiger partial charge in [0.2, 0.25) is 5.78 Å². The molecule has 31 heavy (non-hydrogen) atoms. The maximum atomic E-state index is 13.2. The molecule has 158 valence electrons. The first-order valence-corrected chi connectivity index (χ1v) is 10.0. The Morgan fingerprint density at radius 2 is 2.10 bits per heavy atom. The minimum atomic E-state index is -0.796. The number of aliphatic hydroxyl groups is 1. The molecule has 7 nitrogen and oxygen atoms in total. The van der Waals surface area contributed by atoms with E-state index in [2.05, 4.69) is 4.98 Å². The first-order chi connectivity index (χ1) is 15.1. The van der Waals surface area contributed by atoms with Crippen molar-refractivity contribution in [2.24, 2.45) is 0 Å². The van der Waals surface area contributed by atoms with Crippen molar-refractivity contribution in [3.05, 3.63) is 95.4 Å². The predicted molar refractivity (Wildman–Crippen MR) is 112 cm³/mol. The summed E-state index contributed by atoms with van der Waals surface area (Å²) in [6, 6.07) is 13.1. The molecule has 0 spiro atoms. The molecule has 3 heterocycles. The lowest BCUT2D eigenvalue weighted by Crippen LogP contribution is -2.30. The highest BCUT2D eigenvalue weighted by molar-refractivity contribution is 6.15. The van der Waals surface area contributed by atoms with E-state index in [0.717, 1.165) is 12.0 Å². The Morgan fingerprint density at radius 3 is 2.81 bits per heavy atom. The van der Waals surface area contributed by atoms with Crippen LogP contribution < -0.4 is 4.74 Å². The van der Waals surface area contributed by atoms with Crippen LogP contribution >= 0.6 is 0 Å². The Balaban J connectivity index is 1.77. The van der Waals surface area contributed by atoms with Crippen LogP contribution in [0.1, 0.15) is 41.1 Å². The molecule has 0 bridgehead atoms. The maximum absolute atomic E-state index is 13.2. The highest BCUT2D eigenvalue weighted by Gasteiger charge is 2.44. The fourth-order valence-electron chi connectivity index (χ4n) is 3.62. The van der Waals surface area contributed by atoms with Gasteiger partial charge in [0, 0.05) is 18.9 Å². The second kappa shape index (κ2) is 8.87. The van der Waals surface area contributed by atoms with E-state index >= 15 is 0 Å². The van der Waals surface area contributed by atoms with Gasteiger partial charge in [0.1, 0.15) is 5.75 Å². The Morgan fingerprint density at radius 1 is 1.23 bits per heavy atom. The molecule has 3 aromatic rings. The number of ketones is 1. The molecule has 1 amide bonds. The number of aromatic nitrogens is 1. The Kier molecular flexibility index (Phi) is 5.84. The van der Waals surface area contributed by atoms with Crippen molar-refractivity contribution in [3.63, 3.8) is 0 Å². The van der Waals surface area contributed by atoms with E-state index in [1.54, 1.807) is 42.7 Å². The number of rotatable bonds is 8. The SMILES string of the molecule is CCCOc1cccc(C2C(C(=O)c3ccco3)=C(O)C(=O)N2Cc2cccnc2)c1. The zero-order valence-electron chi connectivity index (χ0n) is 17.0. The van der Waals surface area contributed by atoms with Crippen molar-refractivity contribution in [1.29, 1.82) is 0 Å². The van der Waals surface area contributed by atoms with E-state index in [1.807, 2.05) is 19.1 Å². The molecule has 0 fully saturated rings. The molecule has 4 rings (SSSR count). The first-order valence-electron chi connectivity index (χ1n) is 10.0. The van der Waals surface area contributed by atoms with Crippen LogP contribution in [0.2, 0.25) is 0 Å². The maximum Gasteiger partial charge on any atom is 0.290 e. The van der Waals surface area contributed by atoms with Crippen LogP contribution in [0.4, 0.5) is 0 Å². The summed E-state index contributed by atoms with van der Waals surface area (Å²) in [6.07, 6.45) is 5.52. The average molecular weight is 418 g/mol. The summed E-state index contributed by atoms with van der Waals surface area (Å²) in [4.78, 5) is 31.7. The van der Waals surface area contributed by atoms with Crippen molar-refractivity contribution in [2.45, 2.75) is 25.9 Å². The standard InChI is InChI=1S/C24H22N2O5/c1-2-11-30-18-8-3-7-17(13-18)21-20(22(27)19-9-5-12-31-19)23(28)24(29)26(21)15-16-6-4-10-25-14-16/h3-10,12-14,21,28H,2,11,15H2,1H3. The number of Topliss-reactive ketones (excluding diaryl/α,β-unsaturated/α-hetero) is 1. The molecule has 1 unspecified atom stereocenters. The number of nitrogens with zero attached hydrogens (tertiary/aromatic N) is 2. The van der Waals surface area contributed by atoms with E-state index in [4.69, 9.17) is 9.15 Å². The van der Waals surface area contributed by atoms with Gasteiger partial charge in [-0.1, -0.05) is 25.1 Å². The van der Waals surface area contributed by atoms with Crippen LogP contribution in [0.15, 0.2) is 82.9 Å². The molecule has 1 aromatic carbocycles. The third kappa shape index (κ3) is 4.07. The van der Waals surface area contributed by atoms with Crippen LogP contribution in [-0.2, 0) is 11.3 Å². The second-order valence-corrected chi connectivity index (χ2v) is 7.19. The smallest absolute Gasteiger partial charge is 0.290 e. The third-order valence-corrected chi connectivity index (χ3v) is 5.02. The van der Waals surface area contributed by atoms with Gasteiger partial charge < -0.3 is 19.2 Å². The normalized spacial score (nSPS) is 16.1. The fourth-order valence-corrected chi connectivity index (χ4v) is 3.62. The van der Waals surface area contributed by atoms with Crippen molar-refractivity contribution in [1.82, 2.24) is 9.88 Å². The zero-order chi connectivity index (χ0) is 21.8. The summed E-state index contributed by atoms with van der Waals surface area (Å²) in [5.41, 5.74) is 1.42. The van der Waals surface area contributed by atoms with Gasteiger partial charge >= 0.3 is 0 Å². The molecule has 2 aromatic heterocycles. The van der Waals surface area contributed by atoms with Crippen molar-refractivity contribution < 1.29 is 23.8 Å². The third-order valence-electron chi connectivity index (χ3n) is 5.02. The summed E-state index contributed by atoms with van der Waals surface area (Å²) < 4.78 is 11.0. The minimum Gasteiger partial charge on any atom is -0.503 e. The summed E-state index contributed by atoms with van der Waals surface area (Å²) in [5, 5.41) is 10.7. The topological polar surface area (TPSA) is 92.9 Å². The Labute approximate surface area is 179 Å². The number of ether oxygens (including phenoxy) is 1. The van der Waals surface area contributed by atoms with Gasteiger partial charge in [-0.3, -0.25) is 14.6 Å². The van der Waals surface area contributed by atoms with E-state index in [1.165, 1.54) is 17.2 Å². The van der Waals surface area contributed by atoms with Gasteiger partial charge in [-0.05, 0) is 47.9 Å². The van der Waals surface area contributed by atoms with Gasteiger partial charge in [0.25, 0.3) is 5.91 Å². The number of carbonyl (C=O) groups is 2. The monoisotopic (exact) mass is 418 g/mol. The molecule has 0 radical (unpaired) electrons. The lowest BCUT2D eigenvalue weighted by Gasteiger charge is -2.27. The lowest BCUT2D eigenvalue weighted by molar-refractivity contribution is -0.130. The summed E-state index contributed by atoms with van der Waals surface area (Å²) >= 11 is 0. The molecule has 1 N–H and O–H groups in total. The van der Waals surface area contributed by atoms with E-state index in [9.17, 15) is 14.7 Å². The van der Waals surface area contributed by atoms with Gasteiger partial charge in [-0.2, -0.15) is 0 Å². The number of furan rings is 1. The molecular weight excluding hydrogens is 396 g/mol. The molecular formula is C24H22N2O5. The zero-order valence-corrected chi connectivity index (χ0v) is 17.0. The number of hydrogen-bond donors (Lipinski definition) is 1. The van der Waals surface area contributed by atoms with Crippen LogP contribution in [0.25, 0.3) is 0 Å². The molecule has 0 aliphatic carbocycles. The van der Waals surface area contributed by atoms with Crippen LogP contribution in [0, 0.1) is 0 Å². The van der Waals surface area contributed by atoms with E-state index < -0.39 is 23.5 Å².